The van der Waals surface area contributed by atoms with Gasteiger partial charge in [0.25, 0.3) is 0 Å². The molecule has 3 nitrogen and oxygen atoms in total. The van der Waals surface area contributed by atoms with E-state index in [1.807, 2.05) is 0 Å². The SMILES string of the molecule is [CH][C@H]1C[C@@H](CCCO)[C@@H](CO)O1. The predicted molar refractivity (Wildman–Crippen MR) is 44.5 cm³/mol. The summed E-state index contributed by atoms with van der Waals surface area (Å²) in [5, 5.41) is 17.5. The van der Waals surface area contributed by atoms with Crippen molar-refractivity contribution in [3.8, 4) is 0 Å². The number of hydrogen-bond acceptors (Lipinski definition) is 3. The maximum atomic E-state index is 8.91. The second kappa shape index (κ2) is 4.80. The van der Waals surface area contributed by atoms with Crippen LogP contribution in [-0.4, -0.2) is 35.6 Å². The van der Waals surface area contributed by atoms with Crippen molar-refractivity contribution in [3.63, 3.8) is 0 Å². The maximum absolute atomic E-state index is 8.91. The number of hydrogen-bond donors (Lipinski definition) is 2. The lowest BCUT2D eigenvalue weighted by Gasteiger charge is -2.14. The zero-order chi connectivity index (χ0) is 8.97. The van der Waals surface area contributed by atoms with Crippen molar-refractivity contribution >= 4 is 0 Å². The average Bonchev–Trinajstić information content (AvgIpc) is 2.42. The van der Waals surface area contributed by atoms with Crippen LogP contribution in [0.2, 0.25) is 0 Å². The van der Waals surface area contributed by atoms with Crippen LogP contribution in [0.1, 0.15) is 19.3 Å². The number of aliphatic hydroxyl groups is 2. The average molecular weight is 172 g/mol. The third-order valence-electron chi connectivity index (χ3n) is 2.32. The molecule has 3 heteroatoms. The van der Waals surface area contributed by atoms with E-state index in [9.17, 15) is 0 Å². The van der Waals surface area contributed by atoms with Gasteiger partial charge in [-0.2, -0.15) is 0 Å². The lowest BCUT2D eigenvalue weighted by Crippen LogP contribution is -2.20. The van der Waals surface area contributed by atoms with Gasteiger partial charge in [0.05, 0.1) is 18.8 Å². The summed E-state index contributed by atoms with van der Waals surface area (Å²) in [6.07, 6.45) is 2.09. The minimum absolute atomic E-state index is 0.0315. The fraction of sp³-hybridized carbons (Fsp3) is 0.889. The fourth-order valence-corrected chi connectivity index (χ4v) is 1.69. The van der Waals surface area contributed by atoms with E-state index >= 15 is 0 Å². The molecule has 0 saturated carbocycles. The van der Waals surface area contributed by atoms with Crippen molar-refractivity contribution in [3.05, 3.63) is 6.92 Å². The van der Waals surface area contributed by atoms with Crippen molar-refractivity contribution in [1.82, 2.24) is 0 Å². The second-order valence-electron chi connectivity index (χ2n) is 3.26. The van der Waals surface area contributed by atoms with Gasteiger partial charge in [-0.15, -0.1) is 0 Å². The Bertz CT molecular complexity index is 127. The van der Waals surface area contributed by atoms with Crippen LogP contribution in [-0.2, 0) is 4.74 Å². The first-order valence-electron chi connectivity index (χ1n) is 4.40. The normalized spacial score (nSPS) is 35.8. The Morgan fingerprint density at radius 1 is 1.42 bits per heavy atom. The van der Waals surface area contributed by atoms with E-state index in [4.69, 9.17) is 21.9 Å². The molecule has 1 rings (SSSR count). The molecule has 3 atom stereocenters. The molecule has 0 unspecified atom stereocenters. The second-order valence-corrected chi connectivity index (χ2v) is 3.26. The van der Waals surface area contributed by atoms with Gasteiger partial charge in [-0.3, -0.25) is 0 Å². The lowest BCUT2D eigenvalue weighted by atomic mass is 9.95. The van der Waals surface area contributed by atoms with Gasteiger partial charge < -0.3 is 14.9 Å². The largest absolute Gasteiger partial charge is 0.396 e. The Balaban J connectivity index is 2.30. The topological polar surface area (TPSA) is 49.7 Å². The first-order chi connectivity index (χ1) is 5.77. The molecular formula is C9H16O3. The Labute approximate surface area is 73.4 Å². The van der Waals surface area contributed by atoms with Crippen molar-refractivity contribution in [1.29, 1.82) is 0 Å². The number of ether oxygens (including phenoxy) is 1. The molecular weight excluding hydrogens is 156 g/mol. The first kappa shape index (κ1) is 9.96. The van der Waals surface area contributed by atoms with Crippen LogP contribution in [0.5, 0.6) is 0 Å². The Morgan fingerprint density at radius 3 is 2.75 bits per heavy atom. The molecule has 1 saturated heterocycles. The van der Waals surface area contributed by atoms with Gasteiger partial charge in [0.15, 0.2) is 0 Å². The van der Waals surface area contributed by atoms with Gasteiger partial charge in [0.1, 0.15) is 0 Å². The molecule has 1 heterocycles. The molecule has 70 valence electrons. The molecule has 0 amide bonds. The van der Waals surface area contributed by atoms with Crippen molar-refractivity contribution in [2.24, 2.45) is 5.92 Å². The van der Waals surface area contributed by atoms with E-state index in [1.54, 1.807) is 0 Å². The number of aliphatic hydroxyl groups excluding tert-OH is 2. The summed E-state index contributed by atoms with van der Waals surface area (Å²) in [4.78, 5) is 0. The predicted octanol–water partition coefficient (Wildman–Crippen LogP) is 0.236. The molecule has 0 aromatic carbocycles. The minimum atomic E-state index is -0.231. The number of rotatable bonds is 4. The molecule has 0 spiro atoms. The zero-order valence-corrected chi connectivity index (χ0v) is 7.15. The van der Waals surface area contributed by atoms with Gasteiger partial charge in [-0.05, 0) is 32.1 Å². The zero-order valence-electron chi connectivity index (χ0n) is 7.15. The summed E-state index contributed by atoms with van der Waals surface area (Å²) in [7, 11) is 0. The van der Waals surface area contributed by atoms with Gasteiger partial charge in [0.2, 0.25) is 0 Å². The van der Waals surface area contributed by atoms with Crippen LogP contribution in [0.3, 0.4) is 0 Å². The molecule has 2 N–H and O–H groups in total. The molecule has 0 aromatic heterocycles. The molecule has 0 bridgehead atoms. The highest BCUT2D eigenvalue weighted by Gasteiger charge is 2.31. The van der Waals surface area contributed by atoms with Gasteiger partial charge >= 0.3 is 0 Å². The van der Waals surface area contributed by atoms with Crippen LogP contribution < -0.4 is 0 Å². The Morgan fingerprint density at radius 2 is 2.17 bits per heavy atom. The highest BCUT2D eigenvalue weighted by atomic mass is 16.5. The van der Waals surface area contributed by atoms with E-state index in [2.05, 4.69) is 0 Å². The summed E-state index contributed by atoms with van der Waals surface area (Å²) in [6.45, 7) is 5.80. The highest BCUT2D eigenvalue weighted by Crippen LogP contribution is 2.29. The molecule has 12 heavy (non-hydrogen) atoms. The maximum Gasteiger partial charge on any atom is 0.0838 e. The fourth-order valence-electron chi connectivity index (χ4n) is 1.69. The molecule has 0 aromatic rings. The summed E-state index contributed by atoms with van der Waals surface area (Å²) < 4.78 is 5.27. The standard InChI is InChI=1S/C9H16O3/c1-7-5-8(3-2-4-10)9(6-11)12-7/h1,7-11H,2-6H2/t7-,8+,9+/m0/s1. The van der Waals surface area contributed by atoms with E-state index < -0.39 is 0 Å². The molecule has 2 radical (unpaired) electrons. The molecule has 1 aliphatic heterocycles. The first-order valence-corrected chi connectivity index (χ1v) is 4.40. The van der Waals surface area contributed by atoms with Gasteiger partial charge in [-0.25, -0.2) is 0 Å². The van der Waals surface area contributed by atoms with Crippen molar-refractivity contribution < 1.29 is 14.9 Å². The lowest BCUT2D eigenvalue weighted by molar-refractivity contribution is 0.0134. The van der Waals surface area contributed by atoms with E-state index in [0.717, 1.165) is 19.3 Å². The Kier molecular flexibility index (Phi) is 3.98. The van der Waals surface area contributed by atoms with E-state index in [-0.39, 0.29) is 25.4 Å². The molecule has 1 aliphatic rings. The molecule has 0 aliphatic carbocycles. The molecule has 1 fully saturated rings. The Hall–Kier alpha value is -0.120. The van der Waals surface area contributed by atoms with Crippen molar-refractivity contribution in [2.75, 3.05) is 13.2 Å². The monoisotopic (exact) mass is 172 g/mol. The third-order valence-corrected chi connectivity index (χ3v) is 2.32. The summed E-state index contributed by atoms with van der Waals surface area (Å²) in [5.41, 5.74) is 0. The quantitative estimate of drug-likeness (QED) is 0.638. The van der Waals surface area contributed by atoms with E-state index in [1.165, 1.54) is 0 Å². The summed E-state index contributed by atoms with van der Waals surface area (Å²) in [5.74, 6) is 0.317. The van der Waals surface area contributed by atoms with Crippen LogP contribution in [0.25, 0.3) is 0 Å². The third kappa shape index (κ3) is 2.44. The minimum Gasteiger partial charge on any atom is -0.396 e. The summed E-state index contributed by atoms with van der Waals surface area (Å²) in [6, 6.07) is 0. The van der Waals surface area contributed by atoms with Crippen LogP contribution in [0.4, 0.5) is 0 Å². The van der Waals surface area contributed by atoms with Crippen LogP contribution in [0, 0.1) is 12.8 Å². The summed E-state index contributed by atoms with van der Waals surface area (Å²) >= 11 is 0. The van der Waals surface area contributed by atoms with Crippen molar-refractivity contribution in [2.45, 2.75) is 31.5 Å². The van der Waals surface area contributed by atoms with Crippen LogP contribution >= 0.6 is 0 Å². The van der Waals surface area contributed by atoms with Gasteiger partial charge in [-0.1, -0.05) is 0 Å². The van der Waals surface area contributed by atoms with Gasteiger partial charge in [0, 0.05) is 6.61 Å². The van der Waals surface area contributed by atoms with E-state index in [0.29, 0.717) is 5.92 Å². The van der Waals surface area contributed by atoms with Crippen LogP contribution in [0.15, 0.2) is 0 Å². The highest BCUT2D eigenvalue weighted by molar-refractivity contribution is 4.82. The smallest absolute Gasteiger partial charge is 0.0838 e.